The summed E-state index contributed by atoms with van der Waals surface area (Å²) in [5.41, 5.74) is 1.03. The van der Waals surface area contributed by atoms with Gasteiger partial charge in [-0.05, 0) is 37.3 Å². The Bertz CT molecular complexity index is 393. The van der Waals surface area contributed by atoms with Gasteiger partial charge in [-0.15, -0.1) is 5.10 Å². The molecule has 1 aliphatic heterocycles. The molecule has 90 valence electrons. The maximum atomic E-state index is 8.75. The van der Waals surface area contributed by atoms with Crippen LogP contribution in [-0.2, 0) is 6.42 Å². The van der Waals surface area contributed by atoms with Crippen LogP contribution < -0.4 is 4.90 Å². The van der Waals surface area contributed by atoms with E-state index in [0.29, 0.717) is 12.3 Å². The van der Waals surface area contributed by atoms with Crippen LogP contribution in [0.15, 0.2) is 12.1 Å². The van der Waals surface area contributed by atoms with Crippen molar-refractivity contribution in [2.45, 2.75) is 32.6 Å². The zero-order valence-electron chi connectivity index (χ0n) is 10.3. The second kappa shape index (κ2) is 5.62. The third-order valence-electron chi connectivity index (χ3n) is 3.29. The lowest BCUT2D eigenvalue weighted by Gasteiger charge is -2.32. The molecule has 1 atom stereocenters. The van der Waals surface area contributed by atoms with Crippen molar-refractivity contribution in [2.24, 2.45) is 5.92 Å². The first kappa shape index (κ1) is 11.8. The smallest absolute Gasteiger partial charge is 0.151 e. The minimum Gasteiger partial charge on any atom is -0.355 e. The molecule has 2 rings (SSSR count). The van der Waals surface area contributed by atoms with Crippen LogP contribution in [0, 0.1) is 17.2 Å². The monoisotopic (exact) mass is 230 g/mol. The Morgan fingerprint density at radius 3 is 3.00 bits per heavy atom. The summed E-state index contributed by atoms with van der Waals surface area (Å²) in [4.78, 5) is 2.25. The minimum atomic E-state index is 0.487. The van der Waals surface area contributed by atoms with E-state index in [1.165, 1.54) is 0 Å². The maximum Gasteiger partial charge on any atom is 0.151 e. The minimum absolute atomic E-state index is 0.487. The normalized spacial score (nSPS) is 20.0. The molecule has 0 amide bonds. The van der Waals surface area contributed by atoms with Gasteiger partial charge in [-0.1, -0.05) is 6.92 Å². The number of aryl methyl sites for hydroxylation is 1. The maximum absolute atomic E-state index is 8.75. The first-order valence-corrected chi connectivity index (χ1v) is 6.28. The second-order valence-electron chi connectivity index (χ2n) is 4.55. The number of anilines is 1. The van der Waals surface area contributed by atoms with E-state index >= 15 is 0 Å². The Balaban J connectivity index is 2.03. The summed E-state index contributed by atoms with van der Waals surface area (Å²) in [5, 5.41) is 17.2. The van der Waals surface area contributed by atoms with Gasteiger partial charge in [0.25, 0.3) is 0 Å². The lowest BCUT2D eigenvalue weighted by atomic mass is 9.95. The Morgan fingerprint density at radius 2 is 2.35 bits per heavy atom. The largest absolute Gasteiger partial charge is 0.355 e. The van der Waals surface area contributed by atoms with Crippen LogP contribution in [0.4, 0.5) is 5.82 Å². The molecular weight excluding hydrogens is 212 g/mol. The van der Waals surface area contributed by atoms with Gasteiger partial charge in [0.05, 0.1) is 11.8 Å². The fourth-order valence-corrected chi connectivity index (χ4v) is 2.28. The van der Waals surface area contributed by atoms with E-state index in [9.17, 15) is 0 Å². The highest BCUT2D eigenvalue weighted by Gasteiger charge is 2.20. The number of hydrogen-bond donors (Lipinski definition) is 0. The van der Waals surface area contributed by atoms with Gasteiger partial charge in [-0.2, -0.15) is 10.4 Å². The number of nitrogens with zero attached hydrogens (tertiary/aromatic N) is 4. The Labute approximate surface area is 102 Å². The van der Waals surface area contributed by atoms with Crippen LogP contribution in [0.25, 0.3) is 0 Å². The molecule has 4 heteroatoms. The molecule has 0 aromatic carbocycles. The molecule has 0 saturated carbocycles. The van der Waals surface area contributed by atoms with Crippen molar-refractivity contribution in [1.82, 2.24) is 10.2 Å². The molecule has 1 aromatic heterocycles. The summed E-state index contributed by atoms with van der Waals surface area (Å²) in [5.74, 6) is 1.44. The predicted octanol–water partition coefficient (Wildman–Crippen LogP) is 2.17. The van der Waals surface area contributed by atoms with Crippen molar-refractivity contribution in [3.05, 3.63) is 17.8 Å². The van der Waals surface area contributed by atoms with E-state index in [0.717, 1.165) is 43.9 Å². The second-order valence-corrected chi connectivity index (χ2v) is 4.55. The van der Waals surface area contributed by atoms with E-state index in [-0.39, 0.29) is 0 Å². The van der Waals surface area contributed by atoms with Crippen LogP contribution in [0.2, 0.25) is 0 Å². The zero-order valence-corrected chi connectivity index (χ0v) is 10.3. The van der Waals surface area contributed by atoms with Gasteiger partial charge in [0.2, 0.25) is 0 Å². The fourth-order valence-electron chi connectivity index (χ4n) is 2.28. The topological polar surface area (TPSA) is 52.8 Å². The van der Waals surface area contributed by atoms with Gasteiger partial charge < -0.3 is 4.90 Å². The van der Waals surface area contributed by atoms with Crippen molar-refractivity contribution in [1.29, 1.82) is 5.26 Å². The molecule has 2 heterocycles. The lowest BCUT2D eigenvalue weighted by Crippen LogP contribution is -2.36. The van der Waals surface area contributed by atoms with Gasteiger partial charge in [-0.25, -0.2) is 0 Å². The summed E-state index contributed by atoms with van der Waals surface area (Å²) in [6, 6.07) is 6.35. The molecule has 1 fully saturated rings. The van der Waals surface area contributed by atoms with Crippen LogP contribution in [0.5, 0.6) is 0 Å². The summed E-state index contributed by atoms with van der Waals surface area (Å²) >= 11 is 0. The first-order valence-electron chi connectivity index (χ1n) is 6.28. The Hall–Kier alpha value is -1.63. The molecular formula is C13H18N4. The highest BCUT2D eigenvalue weighted by Crippen LogP contribution is 2.22. The van der Waals surface area contributed by atoms with Crippen LogP contribution in [-0.4, -0.2) is 23.3 Å². The Morgan fingerprint density at radius 1 is 1.47 bits per heavy atom. The highest BCUT2D eigenvalue weighted by atomic mass is 15.3. The molecule has 0 bridgehead atoms. The lowest BCUT2D eigenvalue weighted by molar-refractivity contribution is 0.419. The average Bonchev–Trinajstić information content (AvgIpc) is 2.40. The van der Waals surface area contributed by atoms with Crippen molar-refractivity contribution < 1.29 is 0 Å². The van der Waals surface area contributed by atoms with E-state index in [2.05, 4.69) is 28.1 Å². The number of rotatable bonds is 3. The van der Waals surface area contributed by atoms with Crippen LogP contribution in [0.1, 0.15) is 31.9 Å². The summed E-state index contributed by atoms with van der Waals surface area (Å²) in [6.07, 6.45) is 3.87. The van der Waals surface area contributed by atoms with Crippen molar-refractivity contribution in [3.63, 3.8) is 0 Å². The molecule has 17 heavy (non-hydrogen) atoms. The summed E-state index contributed by atoms with van der Waals surface area (Å²) in [7, 11) is 0. The van der Waals surface area contributed by atoms with Gasteiger partial charge in [0.1, 0.15) is 0 Å². The molecule has 0 aliphatic carbocycles. The quantitative estimate of drug-likeness (QED) is 0.798. The number of aromatic nitrogens is 2. The van der Waals surface area contributed by atoms with Gasteiger partial charge in [0, 0.05) is 19.5 Å². The molecule has 1 aliphatic rings. The highest BCUT2D eigenvalue weighted by molar-refractivity contribution is 5.37. The zero-order chi connectivity index (χ0) is 12.1. The SMILES string of the molecule is CCc1ccc(N2CCCC(CC#N)C2)nn1. The third kappa shape index (κ3) is 2.94. The van der Waals surface area contributed by atoms with Gasteiger partial charge in [0.15, 0.2) is 5.82 Å². The fraction of sp³-hybridized carbons (Fsp3) is 0.615. The van der Waals surface area contributed by atoms with Crippen molar-refractivity contribution >= 4 is 5.82 Å². The Kier molecular flexibility index (Phi) is 3.92. The molecule has 4 nitrogen and oxygen atoms in total. The van der Waals surface area contributed by atoms with Crippen LogP contribution >= 0.6 is 0 Å². The van der Waals surface area contributed by atoms with E-state index in [1.54, 1.807) is 0 Å². The molecule has 0 N–H and O–H groups in total. The van der Waals surface area contributed by atoms with Crippen LogP contribution in [0.3, 0.4) is 0 Å². The van der Waals surface area contributed by atoms with E-state index in [1.807, 2.05) is 12.1 Å². The molecule has 0 spiro atoms. The van der Waals surface area contributed by atoms with Crippen molar-refractivity contribution in [3.8, 4) is 6.07 Å². The summed E-state index contributed by atoms with van der Waals surface area (Å²) < 4.78 is 0. The third-order valence-corrected chi connectivity index (χ3v) is 3.29. The first-order chi connectivity index (χ1) is 8.33. The van der Waals surface area contributed by atoms with Crippen molar-refractivity contribution in [2.75, 3.05) is 18.0 Å². The predicted molar refractivity (Wildman–Crippen MR) is 66.6 cm³/mol. The van der Waals surface area contributed by atoms with E-state index < -0.39 is 0 Å². The summed E-state index contributed by atoms with van der Waals surface area (Å²) in [6.45, 7) is 4.04. The number of piperidine rings is 1. The molecule has 1 aromatic rings. The average molecular weight is 230 g/mol. The van der Waals surface area contributed by atoms with E-state index in [4.69, 9.17) is 5.26 Å². The number of hydrogen-bond acceptors (Lipinski definition) is 4. The molecule has 0 radical (unpaired) electrons. The standard InChI is InChI=1S/C13H18N4/c1-2-12-5-6-13(16-15-12)17-9-3-4-11(10-17)7-8-14/h5-6,11H,2-4,7,9-10H2,1H3. The molecule has 1 saturated heterocycles. The molecule has 1 unspecified atom stereocenters. The number of nitriles is 1. The van der Waals surface area contributed by atoms with Gasteiger partial charge in [-0.3, -0.25) is 0 Å². The van der Waals surface area contributed by atoms with Gasteiger partial charge >= 0.3 is 0 Å².